The molecule has 0 unspecified atom stereocenters. The molecule has 6 heteroatoms. The zero-order valence-corrected chi connectivity index (χ0v) is 11.5. The summed E-state index contributed by atoms with van der Waals surface area (Å²) in [6.45, 7) is 0. The Morgan fingerprint density at radius 3 is 2.39 bits per heavy atom. The summed E-state index contributed by atoms with van der Waals surface area (Å²) in [5.41, 5.74) is 0. The number of ether oxygens (including phenoxy) is 2. The molecule has 0 bridgehead atoms. The van der Waals surface area contributed by atoms with E-state index in [1.54, 1.807) is 19.2 Å². The third-order valence-electron chi connectivity index (χ3n) is 3.09. The number of methoxy groups -OCH3 is 2. The van der Waals surface area contributed by atoms with Gasteiger partial charge in [-0.15, -0.1) is 0 Å². The highest BCUT2D eigenvalue weighted by Gasteiger charge is 2.36. The summed E-state index contributed by atoms with van der Waals surface area (Å²) < 4.78 is 36.4. The third-order valence-corrected chi connectivity index (χ3v) is 5.04. The number of hydrogen-bond acceptors (Lipinski definition) is 4. The fourth-order valence-electron chi connectivity index (χ4n) is 1.78. The Bertz CT molecular complexity index is 537. The number of benzene rings is 1. The van der Waals surface area contributed by atoms with E-state index in [9.17, 15) is 8.42 Å². The second-order valence-electron chi connectivity index (χ2n) is 4.27. The molecule has 0 atom stereocenters. The van der Waals surface area contributed by atoms with Crippen LogP contribution in [0.3, 0.4) is 0 Å². The van der Waals surface area contributed by atoms with Gasteiger partial charge in [0, 0.05) is 19.2 Å². The van der Waals surface area contributed by atoms with Gasteiger partial charge in [-0.1, -0.05) is 0 Å². The first-order chi connectivity index (χ1) is 8.50. The van der Waals surface area contributed by atoms with E-state index >= 15 is 0 Å². The van der Waals surface area contributed by atoms with Crippen LogP contribution in [0.4, 0.5) is 0 Å². The molecule has 0 radical (unpaired) electrons. The lowest BCUT2D eigenvalue weighted by molar-refractivity contribution is 0.383. The summed E-state index contributed by atoms with van der Waals surface area (Å²) >= 11 is 0. The van der Waals surface area contributed by atoms with Crippen LogP contribution in [-0.2, 0) is 10.0 Å². The molecule has 1 aliphatic carbocycles. The molecular weight excluding hydrogens is 254 g/mol. The predicted octanol–water partition coefficient (Wildman–Crippen LogP) is 1.49. The van der Waals surface area contributed by atoms with Crippen molar-refractivity contribution in [3.05, 3.63) is 18.2 Å². The van der Waals surface area contributed by atoms with Crippen molar-refractivity contribution in [2.24, 2.45) is 0 Å². The third kappa shape index (κ3) is 2.30. The lowest BCUT2D eigenvalue weighted by Gasteiger charge is -2.18. The molecular formula is C12H17NO4S. The second-order valence-corrected chi connectivity index (χ2v) is 6.24. The normalized spacial score (nSPS) is 15.8. The van der Waals surface area contributed by atoms with E-state index in [0.29, 0.717) is 11.5 Å². The van der Waals surface area contributed by atoms with Gasteiger partial charge in [0.15, 0.2) is 0 Å². The van der Waals surface area contributed by atoms with Gasteiger partial charge in [0.05, 0.1) is 14.2 Å². The maximum absolute atomic E-state index is 12.4. The van der Waals surface area contributed by atoms with Crippen LogP contribution in [0.2, 0.25) is 0 Å². The molecule has 1 saturated carbocycles. The SMILES string of the molecule is COc1ccc(S(=O)(=O)N(C)C2CC2)c(OC)c1. The molecule has 1 aromatic carbocycles. The molecule has 0 spiro atoms. The van der Waals surface area contributed by atoms with Gasteiger partial charge < -0.3 is 9.47 Å². The van der Waals surface area contributed by atoms with E-state index in [2.05, 4.69) is 0 Å². The maximum Gasteiger partial charge on any atom is 0.246 e. The summed E-state index contributed by atoms with van der Waals surface area (Å²) in [5, 5.41) is 0. The lowest BCUT2D eigenvalue weighted by Crippen LogP contribution is -2.29. The second kappa shape index (κ2) is 4.78. The van der Waals surface area contributed by atoms with E-state index in [-0.39, 0.29) is 10.9 Å². The average molecular weight is 271 g/mol. The van der Waals surface area contributed by atoms with Crippen molar-refractivity contribution in [2.75, 3.05) is 21.3 Å². The minimum atomic E-state index is -3.49. The fraction of sp³-hybridized carbons (Fsp3) is 0.500. The number of sulfonamides is 1. The molecule has 0 aliphatic heterocycles. The minimum absolute atomic E-state index is 0.127. The lowest BCUT2D eigenvalue weighted by atomic mass is 10.3. The molecule has 1 fully saturated rings. The number of rotatable bonds is 5. The van der Waals surface area contributed by atoms with Crippen LogP contribution in [0.1, 0.15) is 12.8 Å². The molecule has 100 valence electrons. The Kier molecular flexibility index (Phi) is 3.49. The Morgan fingerprint density at radius 1 is 1.22 bits per heavy atom. The quantitative estimate of drug-likeness (QED) is 0.814. The van der Waals surface area contributed by atoms with E-state index < -0.39 is 10.0 Å². The first-order valence-corrected chi connectivity index (χ1v) is 7.14. The highest BCUT2D eigenvalue weighted by atomic mass is 32.2. The maximum atomic E-state index is 12.4. The molecule has 0 aromatic heterocycles. The van der Waals surface area contributed by atoms with Gasteiger partial charge in [-0.25, -0.2) is 8.42 Å². The summed E-state index contributed by atoms with van der Waals surface area (Å²) in [6, 6.07) is 4.84. The van der Waals surface area contributed by atoms with Crippen molar-refractivity contribution in [1.29, 1.82) is 0 Å². The van der Waals surface area contributed by atoms with Crippen molar-refractivity contribution in [3.63, 3.8) is 0 Å². The van der Waals surface area contributed by atoms with Crippen molar-refractivity contribution in [3.8, 4) is 11.5 Å². The van der Waals surface area contributed by atoms with Gasteiger partial charge in [-0.3, -0.25) is 0 Å². The van der Waals surface area contributed by atoms with Crippen LogP contribution in [0.25, 0.3) is 0 Å². The van der Waals surface area contributed by atoms with Crippen LogP contribution >= 0.6 is 0 Å². The van der Waals surface area contributed by atoms with E-state index in [1.165, 1.54) is 24.6 Å². The highest BCUT2D eigenvalue weighted by Crippen LogP contribution is 2.35. The zero-order chi connectivity index (χ0) is 13.3. The molecule has 5 nitrogen and oxygen atoms in total. The Morgan fingerprint density at radius 2 is 1.89 bits per heavy atom. The minimum Gasteiger partial charge on any atom is -0.497 e. The monoisotopic (exact) mass is 271 g/mol. The molecule has 2 rings (SSSR count). The Hall–Kier alpha value is -1.27. The smallest absolute Gasteiger partial charge is 0.246 e. The van der Waals surface area contributed by atoms with Crippen molar-refractivity contribution in [2.45, 2.75) is 23.8 Å². The van der Waals surface area contributed by atoms with E-state index in [0.717, 1.165) is 12.8 Å². The van der Waals surface area contributed by atoms with Gasteiger partial charge in [-0.05, 0) is 25.0 Å². The molecule has 0 heterocycles. The van der Waals surface area contributed by atoms with Gasteiger partial charge in [0.25, 0.3) is 0 Å². The molecule has 18 heavy (non-hydrogen) atoms. The van der Waals surface area contributed by atoms with Crippen LogP contribution in [0.15, 0.2) is 23.1 Å². The van der Waals surface area contributed by atoms with E-state index in [4.69, 9.17) is 9.47 Å². The Labute approximate surface area is 107 Å². The van der Waals surface area contributed by atoms with Gasteiger partial charge in [-0.2, -0.15) is 4.31 Å². The average Bonchev–Trinajstić information content (AvgIpc) is 3.21. The number of nitrogens with zero attached hydrogens (tertiary/aromatic N) is 1. The summed E-state index contributed by atoms with van der Waals surface area (Å²) in [4.78, 5) is 0.181. The van der Waals surface area contributed by atoms with Crippen LogP contribution in [-0.4, -0.2) is 40.0 Å². The molecule has 0 saturated heterocycles. The predicted molar refractivity (Wildman–Crippen MR) is 67.5 cm³/mol. The summed E-state index contributed by atoms with van der Waals surface area (Å²) in [6.07, 6.45) is 1.85. The van der Waals surface area contributed by atoms with Gasteiger partial charge in [0.1, 0.15) is 16.4 Å². The van der Waals surface area contributed by atoms with Crippen LogP contribution in [0.5, 0.6) is 11.5 Å². The fourth-order valence-corrected chi connectivity index (χ4v) is 3.33. The van der Waals surface area contributed by atoms with Crippen molar-refractivity contribution >= 4 is 10.0 Å². The largest absolute Gasteiger partial charge is 0.497 e. The standard InChI is InChI=1S/C12H17NO4S/c1-13(9-4-5-9)18(14,15)12-7-6-10(16-2)8-11(12)17-3/h6-9H,4-5H2,1-3H3. The van der Waals surface area contributed by atoms with Crippen LogP contribution in [0, 0.1) is 0 Å². The van der Waals surface area contributed by atoms with Gasteiger partial charge >= 0.3 is 0 Å². The first-order valence-electron chi connectivity index (χ1n) is 5.70. The first kappa shape index (κ1) is 13.2. The Balaban J connectivity index is 2.43. The zero-order valence-electron chi connectivity index (χ0n) is 10.7. The molecule has 1 aromatic rings. The van der Waals surface area contributed by atoms with Gasteiger partial charge in [0.2, 0.25) is 10.0 Å². The molecule has 0 N–H and O–H groups in total. The van der Waals surface area contributed by atoms with Crippen LogP contribution < -0.4 is 9.47 Å². The summed E-state index contributed by atoms with van der Waals surface area (Å²) in [7, 11) is 1.09. The van der Waals surface area contributed by atoms with Crippen molar-refractivity contribution < 1.29 is 17.9 Å². The number of hydrogen-bond donors (Lipinski definition) is 0. The van der Waals surface area contributed by atoms with Crippen molar-refractivity contribution in [1.82, 2.24) is 4.31 Å². The molecule has 0 amide bonds. The summed E-state index contributed by atoms with van der Waals surface area (Å²) in [5.74, 6) is 0.877. The van der Waals surface area contributed by atoms with E-state index in [1.807, 2.05) is 0 Å². The highest BCUT2D eigenvalue weighted by molar-refractivity contribution is 7.89. The molecule has 1 aliphatic rings. The topological polar surface area (TPSA) is 55.8 Å².